The molecular formula is C15H23F2N3O2. The molecule has 3 aliphatic rings. The largest absolute Gasteiger partial charge is 0.347 e. The van der Waals surface area contributed by atoms with Crippen LogP contribution in [0, 0.1) is 11.3 Å². The lowest BCUT2D eigenvalue weighted by Crippen LogP contribution is -2.49. The molecule has 2 amide bonds. The van der Waals surface area contributed by atoms with Gasteiger partial charge in [0.2, 0.25) is 17.7 Å². The van der Waals surface area contributed by atoms with Crippen LogP contribution in [0.25, 0.3) is 0 Å². The van der Waals surface area contributed by atoms with E-state index in [-0.39, 0.29) is 42.5 Å². The summed E-state index contributed by atoms with van der Waals surface area (Å²) in [6.45, 7) is 2.90. The highest BCUT2D eigenvalue weighted by Crippen LogP contribution is 2.63. The minimum absolute atomic E-state index is 0.0154. The fourth-order valence-electron chi connectivity index (χ4n) is 3.70. The van der Waals surface area contributed by atoms with Crippen LogP contribution in [0.2, 0.25) is 0 Å². The molecule has 0 radical (unpaired) electrons. The number of piperazine rings is 1. The maximum absolute atomic E-state index is 13.2. The van der Waals surface area contributed by atoms with Crippen LogP contribution >= 0.6 is 0 Å². The minimum atomic E-state index is -2.56. The van der Waals surface area contributed by atoms with E-state index in [0.29, 0.717) is 32.4 Å². The second-order valence-electron chi connectivity index (χ2n) is 6.82. The van der Waals surface area contributed by atoms with E-state index in [9.17, 15) is 18.4 Å². The summed E-state index contributed by atoms with van der Waals surface area (Å²) in [5.74, 6) is -2.96. The Morgan fingerprint density at radius 1 is 1.14 bits per heavy atom. The van der Waals surface area contributed by atoms with Crippen LogP contribution in [0.1, 0.15) is 32.1 Å². The highest BCUT2D eigenvalue weighted by molar-refractivity contribution is 5.87. The molecule has 2 N–H and O–H groups in total. The van der Waals surface area contributed by atoms with Gasteiger partial charge in [0.1, 0.15) is 0 Å². The molecule has 2 saturated carbocycles. The predicted octanol–water partition coefficient (Wildman–Crippen LogP) is 0.750. The summed E-state index contributed by atoms with van der Waals surface area (Å²) >= 11 is 0. The van der Waals surface area contributed by atoms with E-state index in [2.05, 4.69) is 10.6 Å². The van der Waals surface area contributed by atoms with Crippen LogP contribution < -0.4 is 10.6 Å². The molecule has 0 aromatic heterocycles. The van der Waals surface area contributed by atoms with Crippen LogP contribution in [-0.2, 0) is 9.59 Å². The third-order valence-corrected chi connectivity index (χ3v) is 5.37. The third kappa shape index (κ3) is 3.24. The van der Waals surface area contributed by atoms with Crippen molar-refractivity contribution in [2.45, 2.75) is 38.0 Å². The lowest BCUT2D eigenvalue weighted by Gasteiger charge is -2.29. The molecule has 0 bridgehead atoms. The van der Waals surface area contributed by atoms with E-state index in [4.69, 9.17) is 0 Å². The second kappa shape index (κ2) is 5.76. The molecule has 5 nitrogen and oxygen atoms in total. The molecule has 2 aliphatic carbocycles. The molecule has 0 aromatic carbocycles. The molecule has 1 unspecified atom stereocenters. The molecule has 1 spiro atoms. The second-order valence-corrected chi connectivity index (χ2v) is 6.82. The van der Waals surface area contributed by atoms with Gasteiger partial charge in [-0.3, -0.25) is 9.59 Å². The summed E-state index contributed by atoms with van der Waals surface area (Å²) in [6.07, 6.45) is 1.30. The fourth-order valence-corrected chi connectivity index (χ4v) is 3.70. The van der Waals surface area contributed by atoms with Crippen molar-refractivity contribution in [1.82, 2.24) is 15.5 Å². The molecule has 3 rings (SSSR count). The SMILES string of the molecule is O=C(NCC(=O)N1CCNCC1)C1CC12CCC(F)(F)CC2. The molecule has 7 heteroatoms. The van der Waals surface area contributed by atoms with E-state index >= 15 is 0 Å². The Hall–Kier alpha value is -1.24. The van der Waals surface area contributed by atoms with Gasteiger partial charge in [-0.2, -0.15) is 0 Å². The number of carbonyl (C=O) groups excluding carboxylic acids is 2. The number of nitrogens with zero attached hydrogens (tertiary/aromatic N) is 1. The number of hydrogen-bond acceptors (Lipinski definition) is 3. The molecule has 1 heterocycles. The van der Waals surface area contributed by atoms with E-state index in [1.807, 2.05) is 0 Å². The first-order valence-corrected chi connectivity index (χ1v) is 8.06. The number of nitrogens with one attached hydrogen (secondary N) is 2. The van der Waals surface area contributed by atoms with E-state index in [1.165, 1.54) is 0 Å². The van der Waals surface area contributed by atoms with Crippen molar-refractivity contribution in [3.05, 3.63) is 0 Å². The first-order chi connectivity index (χ1) is 10.4. The Morgan fingerprint density at radius 3 is 2.41 bits per heavy atom. The average Bonchev–Trinajstić information content (AvgIpc) is 3.23. The zero-order chi connectivity index (χ0) is 15.8. The molecule has 1 atom stereocenters. The summed E-state index contributed by atoms with van der Waals surface area (Å²) < 4.78 is 26.4. The summed E-state index contributed by atoms with van der Waals surface area (Å²) in [5.41, 5.74) is -0.218. The van der Waals surface area contributed by atoms with Gasteiger partial charge in [0.25, 0.3) is 0 Å². The highest BCUT2D eigenvalue weighted by Gasteiger charge is 2.60. The van der Waals surface area contributed by atoms with Crippen LogP contribution in [0.4, 0.5) is 8.78 Å². The minimum Gasteiger partial charge on any atom is -0.347 e. The number of amides is 2. The topological polar surface area (TPSA) is 61.4 Å². The number of halogens is 2. The zero-order valence-electron chi connectivity index (χ0n) is 12.7. The predicted molar refractivity (Wildman–Crippen MR) is 76.4 cm³/mol. The fraction of sp³-hybridized carbons (Fsp3) is 0.867. The van der Waals surface area contributed by atoms with Gasteiger partial charge in [-0.25, -0.2) is 8.78 Å². The van der Waals surface area contributed by atoms with Crippen molar-refractivity contribution < 1.29 is 18.4 Å². The zero-order valence-corrected chi connectivity index (χ0v) is 12.7. The van der Waals surface area contributed by atoms with Gasteiger partial charge in [0.05, 0.1) is 6.54 Å². The average molecular weight is 315 g/mol. The van der Waals surface area contributed by atoms with Crippen molar-refractivity contribution in [3.63, 3.8) is 0 Å². The highest BCUT2D eigenvalue weighted by atomic mass is 19.3. The van der Waals surface area contributed by atoms with Crippen molar-refractivity contribution in [1.29, 1.82) is 0 Å². The third-order valence-electron chi connectivity index (χ3n) is 5.37. The van der Waals surface area contributed by atoms with E-state index < -0.39 is 5.92 Å². The Balaban J connectivity index is 1.43. The monoisotopic (exact) mass is 315 g/mol. The smallest absolute Gasteiger partial charge is 0.248 e. The normalized spacial score (nSPS) is 29.2. The molecule has 1 saturated heterocycles. The van der Waals surface area contributed by atoms with Crippen molar-refractivity contribution in [2.24, 2.45) is 11.3 Å². The molecule has 3 fully saturated rings. The van der Waals surface area contributed by atoms with Gasteiger partial charge < -0.3 is 15.5 Å². The van der Waals surface area contributed by atoms with Crippen LogP contribution in [0.15, 0.2) is 0 Å². The first-order valence-electron chi connectivity index (χ1n) is 8.06. The maximum atomic E-state index is 13.2. The van der Waals surface area contributed by atoms with Gasteiger partial charge in [-0.05, 0) is 24.7 Å². The van der Waals surface area contributed by atoms with Crippen molar-refractivity contribution >= 4 is 11.8 Å². The number of carbonyl (C=O) groups is 2. The van der Waals surface area contributed by atoms with Gasteiger partial charge >= 0.3 is 0 Å². The van der Waals surface area contributed by atoms with Gasteiger partial charge in [0.15, 0.2) is 0 Å². The number of hydrogen-bond donors (Lipinski definition) is 2. The molecule has 124 valence electrons. The lowest BCUT2D eigenvalue weighted by molar-refractivity contribution is -0.134. The summed E-state index contributed by atoms with van der Waals surface area (Å²) in [4.78, 5) is 25.9. The van der Waals surface area contributed by atoms with Crippen LogP contribution in [-0.4, -0.2) is 55.4 Å². The molecule has 0 aromatic rings. The standard InChI is InChI=1S/C15H23F2N3O2/c16-15(17)3-1-14(2-4-15)9-11(14)13(22)19-10-12(21)20-7-5-18-6-8-20/h11,18H,1-10H2,(H,19,22). The first kappa shape index (κ1) is 15.6. The Morgan fingerprint density at radius 2 is 1.77 bits per heavy atom. The molecule has 22 heavy (non-hydrogen) atoms. The molecule has 1 aliphatic heterocycles. The van der Waals surface area contributed by atoms with Crippen LogP contribution in [0.3, 0.4) is 0 Å². The van der Waals surface area contributed by atoms with Crippen LogP contribution in [0.5, 0.6) is 0 Å². The Bertz CT molecular complexity index is 454. The van der Waals surface area contributed by atoms with E-state index in [1.54, 1.807) is 4.90 Å². The van der Waals surface area contributed by atoms with E-state index in [0.717, 1.165) is 13.1 Å². The van der Waals surface area contributed by atoms with Gasteiger partial charge in [-0.1, -0.05) is 0 Å². The quantitative estimate of drug-likeness (QED) is 0.808. The lowest BCUT2D eigenvalue weighted by atomic mass is 9.82. The number of rotatable bonds is 3. The summed E-state index contributed by atoms with van der Waals surface area (Å²) in [7, 11) is 0. The van der Waals surface area contributed by atoms with Crippen molar-refractivity contribution in [3.8, 4) is 0 Å². The Labute approximate surface area is 128 Å². The van der Waals surface area contributed by atoms with Gasteiger partial charge in [0, 0.05) is 44.9 Å². The van der Waals surface area contributed by atoms with Crippen molar-refractivity contribution in [2.75, 3.05) is 32.7 Å². The summed E-state index contributed by atoms with van der Waals surface area (Å²) in [6, 6.07) is 0. The maximum Gasteiger partial charge on any atom is 0.248 e. The number of alkyl halides is 2. The summed E-state index contributed by atoms with van der Waals surface area (Å²) in [5, 5.41) is 5.86. The Kier molecular flexibility index (Phi) is 4.09. The van der Waals surface area contributed by atoms with Gasteiger partial charge in [-0.15, -0.1) is 0 Å². The molecular weight excluding hydrogens is 292 g/mol.